The van der Waals surface area contributed by atoms with Crippen LogP contribution in [-0.4, -0.2) is 27.4 Å². The molecule has 1 amide bonds. The predicted octanol–water partition coefficient (Wildman–Crippen LogP) is 3.51. The Labute approximate surface area is 162 Å². The minimum Gasteiger partial charge on any atom is -0.366 e. The lowest BCUT2D eigenvalue weighted by Gasteiger charge is -2.12. The first-order chi connectivity index (χ1) is 13.6. The van der Waals surface area contributed by atoms with E-state index in [0.29, 0.717) is 36.1 Å². The number of hydrogen-bond acceptors (Lipinski definition) is 6. The van der Waals surface area contributed by atoms with Gasteiger partial charge >= 0.3 is 0 Å². The summed E-state index contributed by atoms with van der Waals surface area (Å²) in [7, 11) is 0. The molecule has 2 aromatic heterocycles. The second-order valence-electron chi connectivity index (χ2n) is 6.08. The average molecular weight is 380 g/mol. The average Bonchev–Trinajstić information content (AvgIpc) is 2.72. The standard InChI is InChI=1S/C20H21FN6O/c1-2-7-24-20(28)15-10-17(25-12-14-3-5-16(21)6-4-14)26-18(11-15)27-19-13-22-8-9-23-19/h3-6,8-11,13H,2,7,12H2,1H3,(H,24,28)(H2,23,25,26,27). The third-order valence-corrected chi connectivity index (χ3v) is 3.83. The Bertz CT molecular complexity index is 918. The fraction of sp³-hybridized carbons (Fsp3) is 0.200. The van der Waals surface area contributed by atoms with Gasteiger partial charge in [0, 0.05) is 31.0 Å². The molecule has 7 nitrogen and oxygen atoms in total. The minimum atomic E-state index is -0.285. The zero-order chi connectivity index (χ0) is 19.8. The van der Waals surface area contributed by atoms with Gasteiger partial charge in [0.2, 0.25) is 0 Å². The summed E-state index contributed by atoms with van der Waals surface area (Å²) in [6, 6.07) is 9.52. The molecule has 0 unspecified atom stereocenters. The van der Waals surface area contributed by atoms with Crippen LogP contribution in [0.5, 0.6) is 0 Å². The van der Waals surface area contributed by atoms with Gasteiger partial charge < -0.3 is 16.0 Å². The quantitative estimate of drug-likeness (QED) is 0.554. The highest BCUT2D eigenvalue weighted by Crippen LogP contribution is 2.18. The largest absolute Gasteiger partial charge is 0.366 e. The summed E-state index contributed by atoms with van der Waals surface area (Å²) < 4.78 is 13.1. The predicted molar refractivity (Wildman–Crippen MR) is 106 cm³/mol. The van der Waals surface area contributed by atoms with Crippen LogP contribution < -0.4 is 16.0 Å². The number of carbonyl (C=O) groups excluding carboxylic acids is 1. The van der Waals surface area contributed by atoms with Crippen molar-refractivity contribution in [1.82, 2.24) is 20.3 Å². The number of nitrogens with one attached hydrogen (secondary N) is 3. The number of halogens is 1. The van der Waals surface area contributed by atoms with Crippen molar-refractivity contribution in [2.75, 3.05) is 17.2 Å². The van der Waals surface area contributed by atoms with Crippen LogP contribution >= 0.6 is 0 Å². The maximum absolute atomic E-state index is 13.1. The fourth-order valence-electron chi connectivity index (χ4n) is 2.45. The van der Waals surface area contributed by atoms with Crippen molar-refractivity contribution in [3.63, 3.8) is 0 Å². The van der Waals surface area contributed by atoms with E-state index in [4.69, 9.17) is 0 Å². The molecular formula is C20H21FN6O. The maximum atomic E-state index is 13.1. The van der Waals surface area contributed by atoms with Crippen molar-refractivity contribution >= 4 is 23.4 Å². The number of rotatable bonds is 8. The van der Waals surface area contributed by atoms with Gasteiger partial charge in [0.25, 0.3) is 5.91 Å². The van der Waals surface area contributed by atoms with Crippen LogP contribution in [0, 0.1) is 5.82 Å². The second-order valence-corrected chi connectivity index (χ2v) is 6.08. The molecule has 3 aromatic rings. The third-order valence-electron chi connectivity index (χ3n) is 3.83. The van der Waals surface area contributed by atoms with Crippen molar-refractivity contribution in [2.45, 2.75) is 19.9 Å². The summed E-state index contributed by atoms with van der Waals surface area (Å²) in [6.45, 7) is 3.02. The van der Waals surface area contributed by atoms with Crippen molar-refractivity contribution < 1.29 is 9.18 Å². The molecule has 0 radical (unpaired) electrons. The molecule has 0 spiro atoms. The molecule has 0 aliphatic heterocycles. The van der Waals surface area contributed by atoms with Crippen LogP contribution in [0.4, 0.5) is 21.8 Å². The molecule has 144 valence electrons. The molecule has 2 heterocycles. The van der Waals surface area contributed by atoms with Gasteiger partial charge in [-0.2, -0.15) is 0 Å². The number of pyridine rings is 1. The lowest BCUT2D eigenvalue weighted by atomic mass is 10.2. The van der Waals surface area contributed by atoms with E-state index in [1.807, 2.05) is 6.92 Å². The van der Waals surface area contributed by atoms with Crippen LogP contribution in [0.1, 0.15) is 29.3 Å². The summed E-state index contributed by atoms with van der Waals surface area (Å²) in [6.07, 6.45) is 5.55. The second kappa shape index (κ2) is 9.40. The molecular weight excluding hydrogens is 359 g/mol. The first-order valence-electron chi connectivity index (χ1n) is 8.95. The zero-order valence-electron chi connectivity index (χ0n) is 15.4. The number of hydrogen-bond donors (Lipinski definition) is 3. The van der Waals surface area contributed by atoms with E-state index in [0.717, 1.165) is 12.0 Å². The zero-order valence-corrected chi connectivity index (χ0v) is 15.4. The van der Waals surface area contributed by atoms with E-state index in [-0.39, 0.29) is 11.7 Å². The molecule has 0 saturated heterocycles. The third kappa shape index (κ3) is 5.47. The van der Waals surface area contributed by atoms with E-state index in [2.05, 4.69) is 30.9 Å². The number of benzene rings is 1. The number of anilines is 3. The number of nitrogens with zero attached hydrogens (tertiary/aromatic N) is 3. The molecule has 0 aliphatic carbocycles. The van der Waals surface area contributed by atoms with Crippen molar-refractivity contribution in [3.05, 3.63) is 71.9 Å². The molecule has 1 aromatic carbocycles. The van der Waals surface area contributed by atoms with Gasteiger partial charge in [0.1, 0.15) is 23.3 Å². The highest BCUT2D eigenvalue weighted by Gasteiger charge is 2.10. The minimum absolute atomic E-state index is 0.184. The van der Waals surface area contributed by atoms with Gasteiger partial charge in [-0.1, -0.05) is 19.1 Å². The first kappa shape index (κ1) is 19.2. The Morgan fingerprint density at radius 1 is 1.07 bits per heavy atom. The normalized spacial score (nSPS) is 10.4. The molecule has 0 saturated carbocycles. The molecule has 0 bridgehead atoms. The van der Waals surface area contributed by atoms with Gasteiger partial charge in [-0.05, 0) is 36.2 Å². The van der Waals surface area contributed by atoms with Gasteiger partial charge in [0.15, 0.2) is 0 Å². The maximum Gasteiger partial charge on any atom is 0.251 e. The molecule has 8 heteroatoms. The van der Waals surface area contributed by atoms with Crippen molar-refractivity contribution in [2.24, 2.45) is 0 Å². The molecule has 0 atom stereocenters. The Balaban J connectivity index is 1.81. The summed E-state index contributed by atoms with van der Waals surface area (Å²) in [5.74, 6) is 1.03. The molecule has 0 fully saturated rings. The molecule has 3 rings (SSSR count). The molecule has 3 N–H and O–H groups in total. The van der Waals surface area contributed by atoms with Gasteiger partial charge in [-0.25, -0.2) is 14.4 Å². The van der Waals surface area contributed by atoms with Crippen molar-refractivity contribution in [3.8, 4) is 0 Å². The van der Waals surface area contributed by atoms with E-state index >= 15 is 0 Å². The van der Waals surface area contributed by atoms with E-state index in [9.17, 15) is 9.18 Å². The fourth-order valence-corrected chi connectivity index (χ4v) is 2.45. The summed E-state index contributed by atoms with van der Waals surface area (Å²) >= 11 is 0. The highest BCUT2D eigenvalue weighted by molar-refractivity contribution is 5.95. The smallest absolute Gasteiger partial charge is 0.251 e. The SMILES string of the molecule is CCCNC(=O)c1cc(NCc2ccc(F)cc2)nc(Nc2cnccn2)c1. The topological polar surface area (TPSA) is 91.8 Å². The van der Waals surface area contributed by atoms with E-state index < -0.39 is 0 Å². The van der Waals surface area contributed by atoms with Gasteiger partial charge in [0.05, 0.1) is 6.20 Å². The van der Waals surface area contributed by atoms with E-state index in [1.54, 1.807) is 42.9 Å². The van der Waals surface area contributed by atoms with Crippen LogP contribution in [-0.2, 0) is 6.54 Å². The summed E-state index contributed by atoms with van der Waals surface area (Å²) in [4.78, 5) is 25.1. The number of amides is 1. The van der Waals surface area contributed by atoms with Crippen LogP contribution in [0.15, 0.2) is 55.0 Å². The Morgan fingerprint density at radius 3 is 2.57 bits per heavy atom. The van der Waals surface area contributed by atoms with Gasteiger partial charge in [-0.3, -0.25) is 9.78 Å². The summed E-state index contributed by atoms with van der Waals surface area (Å²) in [5.41, 5.74) is 1.36. The van der Waals surface area contributed by atoms with Crippen LogP contribution in [0.25, 0.3) is 0 Å². The molecule has 0 aliphatic rings. The Morgan fingerprint density at radius 2 is 1.86 bits per heavy atom. The summed E-state index contributed by atoms with van der Waals surface area (Å²) in [5, 5.41) is 9.07. The number of aromatic nitrogens is 3. The van der Waals surface area contributed by atoms with Crippen LogP contribution in [0.2, 0.25) is 0 Å². The lowest BCUT2D eigenvalue weighted by molar-refractivity contribution is 0.0953. The lowest BCUT2D eigenvalue weighted by Crippen LogP contribution is -2.24. The van der Waals surface area contributed by atoms with E-state index in [1.165, 1.54) is 12.1 Å². The first-order valence-corrected chi connectivity index (χ1v) is 8.95. The Kier molecular flexibility index (Phi) is 6.46. The monoisotopic (exact) mass is 380 g/mol. The molecule has 28 heavy (non-hydrogen) atoms. The van der Waals surface area contributed by atoms with Crippen molar-refractivity contribution in [1.29, 1.82) is 0 Å². The highest BCUT2D eigenvalue weighted by atomic mass is 19.1. The van der Waals surface area contributed by atoms with Crippen LogP contribution in [0.3, 0.4) is 0 Å². The number of carbonyl (C=O) groups is 1. The Hall–Kier alpha value is -3.55. The van der Waals surface area contributed by atoms with Gasteiger partial charge in [-0.15, -0.1) is 0 Å².